The first-order valence-corrected chi connectivity index (χ1v) is 6.80. The monoisotopic (exact) mass is 238 g/mol. The van der Waals surface area contributed by atoms with Crippen LogP contribution in [0.5, 0.6) is 0 Å². The van der Waals surface area contributed by atoms with Crippen molar-refractivity contribution in [2.45, 2.75) is 38.0 Å². The van der Waals surface area contributed by atoms with Crippen molar-refractivity contribution >= 4 is 0 Å². The highest BCUT2D eigenvalue weighted by Crippen LogP contribution is 2.33. The van der Waals surface area contributed by atoms with Crippen molar-refractivity contribution in [2.75, 3.05) is 0 Å². The van der Waals surface area contributed by atoms with Crippen molar-refractivity contribution in [3.63, 3.8) is 0 Å². The smallest absolute Gasteiger partial charge is 0.0704 e. The molecule has 0 saturated heterocycles. The van der Waals surface area contributed by atoms with E-state index in [4.69, 9.17) is 1.37 Å². The Labute approximate surface area is 110 Å². The Kier molecular flexibility index (Phi) is 3.06. The molecule has 1 nitrogen and oxygen atoms in total. The summed E-state index contributed by atoms with van der Waals surface area (Å²) < 4.78 is 8.69. The predicted molar refractivity (Wildman–Crippen MR) is 75.5 cm³/mol. The van der Waals surface area contributed by atoms with Gasteiger partial charge in [0.15, 0.2) is 0 Å². The zero-order valence-electron chi connectivity index (χ0n) is 11.6. The van der Waals surface area contributed by atoms with Gasteiger partial charge in [0.05, 0.1) is 5.69 Å². The Morgan fingerprint density at radius 1 is 1.00 bits per heavy atom. The summed E-state index contributed by atoms with van der Waals surface area (Å²) in [4.78, 5) is 4.45. The standard InChI is InChI=1S/C17H19N/c1-3-7-14(8-4-1)16-11-12-18-17(13-16)15-9-5-2-6-10-15/h2,5-6,9-14H,1,3-4,7-8H2/i14D. The normalized spacial score (nSPS) is 19.2. The number of aromatic nitrogens is 1. The van der Waals surface area contributed by atoms with Gasteiger partial charge in [-0.05, 0) is 36.4 Å². The largest absolute Gasteiger partial charge is 0.256 e. The molecule has 1 heterocycles. The first-order chi connectivity index (χ1) is 9.28. The fourth-order valence-electron chi connectivity index (χ4n) is 2.68. The van der Waals surface area contributed by atoms with Gasteiger partial charge >= 0.3 is 0 Å². The lowest BCUT2D eigenvalue weighted by molar-refractivity contribution is 0.443. The maximum atomic E-state index is 8.69. The Morgan fingerprint density at radius 2 is 1.78 bits per heavy atom. The van der Waals surface area contributed by atoms with Gasteiger partial charge in [0.1, 0.15) is 0 Å². The van der Waals surface area contributed by atoms with Crippen molar-refractivity contribution in [1.82, 2.24) is 4.98 Å². The summed E-state index contributed by atoms with van der Waals surface area (Å²) in [5, 5.41) is 0. The van der Waals surface area contributed by atoms with Gasteiger partial charge < -0.3 is 0 Å². The molecule has 1 saturated carbocycles. The summed E-state index contributed by atoms with van der Waals surface area (Å²) in [6.07, 6.45) is 7.43. The molecular formula is C17H19N. The summed E-state index contributed by atoms with van der Waals surface area (Å²) >= 11 is 0. The van der Waals surface area contributed by atoms with Crippen LogP contribution in [0.2, 0.25) is 0 Å². The maximum absolute atomic E-state index is 8.69. The molecule has 1 heteroatoms. The third-order valence-electron chi connectivity index (χ3n) is 3.69. The number of pyridine rings is 1. The second-order valence-corrected chi connectivity index (χ2v) is 4.96. The van der Waals surface area contributed by atoms with E-state index in [2.05, 4.69) is 23.2 Å². The predicted octanol–water partition coefficient (Wildman–Crippen LogP) is 4.80. The van der Waals surface area contributed by atoms with Crippen LogP contribution in [-0.4, -0.2) is 4.98 Å². The second-order valence-electron chi connectivity index (χ2n) is 4.96. The van der Waals surface area contributed by atoms with E-state index in [1.165, 1.54) is 19.3 Å². The fourth-order valence-corrected chi connectivity index (χ4v) is 2.68. The van der Waals surface area contributed by atoms with Gasteiger partial charge in [-0.25, -0.2) is 0 Å². The quantitative estimate of drug-likeness (QED) is 0.732. The number of hydrogen-bond acceptors (Lipinski definition) is 1. The van der Waals surface area contributed by atoms with Gasteiger partial charge in [-0.15, -0.1) is 0 Å². The molecule has 1 aromatic carbocycles. The molecule has 1 aliphatic rings. The number of benzene rings is 1. The van der Waals surface area contributed by atoms with Gasteiger partial charge in [-0.3, -0.25) is 4.98 Å². The number of rotatable bonds is 2. The van der Waals surface area contributed by atoms with Crippen LogP contribution < -0.4 is 0 Å². The zero-order chi connectivity index (χ0) is 13.1. The Hall–Kier alpha value is -1.63. The first-order valence-electron chi connectivity index (χ1n) is 7.30. The molecular weight excluding hydrogens is 218 g/mol. The second kappa shape index (κ2) is 5.34. The first kappa shape index (κ1) is 10.3. The molecule has 92 valence electrons. The van der Waals surface area contributed by atoms with Crippen molar-refractivity contribution in [1.29, 1.82) is 0 Å². The molecule has 1 aliphatic carbocycles. The van der Waals surface area contributed by atoms with E-state index in [1.807, 2.05) is 30.5 Å². The lowest BCUT2D eigenvalue weighted by Gasteiger charge is -2.22. The Bertz CT molecular complexity index is 544. The average molecular weight is 238 g/mol. The van der Waals surface area contributed by atoms with Crippen molar-refractivity contribution in [3.05, 3.63) is 54.2 Å². The molecule has 18 heavy (non-hydrogen) atoms. The van der Waals surface area contributed by atoms with E-state index >= 15 is 0 Å². The molecule has 0 atom stereocenters. The molecule has 1 aromatic heterocycles. The van der Waals surface area contributed by atoms with Gasteiger partial charge in [0, 0.05) is 13.1 Å². The maximum Gasteiger partial charge on any atom is 0.0704 e. The van der Waals surface area contributed by atoms with Gasteiger partial charge in [0.25, 0.3) is 0 Å². The average Bonchev–Trinajstić information content (AvgIpc) is 2.49. The van der Waals surface area contributed by atoms with Crippen LogP contribution >= 0.6 is 0 Å². The highest BCUT2D eigenvalue weighted by atomic mass is 14.7. The molecule has 2 aromatic rings. The van der Waals surface area contributed by atoms with E-state index in [9.17, 15) is 0 Å². The molecule has 0 aliphatic heterocycles. The van der Waals surface area contributed by atoms with Crippen molar-refractivity contribution in [3.8, 4) is 11.3 Å². The van der Waals surface area contributed by atoms with E-state index < -0.39 is 5.89 Å². The number of nitrogens with zero attached hydrogens (tertiary/aromatic N) is 1. The lowest BCUT2D eigenvalue weighted by Crippen LogP contribution is -2.04. The van der Waals surface area contributed by atoms with Crippen LogP contribution in [0.1, 0.15) is 44.9 Å². The third kappa shape index (κ3) is 2.45. The summed E-state index contributed by atoms with van der Waals surface area (Å²) in [5.74, 6) is -0.398. The van der Waals surface area contributed by atoms with E-state index in [1.54, 1.807) is 0 Å². The fraction of sp³-hybridized carbons (Fsp3) is 0.353. The summed E-state index contributed by atoms with van der Waals surface area (Å²) in [6, 6.07) is 14.3. The third-order valence-corrected chi connectivity index (χ3v) is 3.69. The minimum Gasteiger partial charge on any atom is -0.256 e. The van der Waals surface area contributed by atoms with Gasteiger partial charge in [-0.1, -0.05) is 49.6 Å². The van der Waals surface area contributed by atoms with Gasteiger partial charge in [-0.2, -0.15) is 0 Å². The molecule has 0 unspecified atom stereocenters. The van der Waals surface area contributed by atoms with Crippen LogP contribution in [0.25, 0.3) is 11.3 Å². The Morgan fingerprint density at radius 3 is 2.56 bits per heavy atom. The Balaban J connectivity index is 1.96. The molecule has 0 N–H and O–H groups in total. The summed E-state index contributed by atoms with van der Waals surface area (Å²) in [6.45, 7) is 0. The number of hydrogen-bond donors (Lipinski definition) is 0. The van der Waals surface area contributed by atoms with Crippen molar-refractivity contribution < 1.29 is 1.37 Å². The van der Waals surface area contributed by atoms with E-state index in [0.29, 0.717) is 0 Å². The highest BCUT2D eigenvalue weighted by molar-refractivity contribution is 5.59. The SMILES string of the molecule is [2H]C1(c2ccnc(-c3ccccc3)c2)CCCCC1. The van der Waals surface area contributed by atoms with Crippen LogP contribution in [0, 0.1) is 0 Å². The minimum absolute atomic E-state index is 0.398. The molecule has 0 spiro atoms. The topological polar surface area (TPSA) is 12.9 Å². The molecule has 3 rings (SSSR count). The molecule has 0 bridgehead atoms. The summed E-state index contributed by atoms with van der Waals surface area (Å²) in [5.41, 5.74) is 3.24. The van der Waals surface area contributed by atoms with Crippen LogP contribution in [0.3, 0.4) is 0 Å². The van der Waals surface area contributed by atoms with Gasteiger partial charge in [0.2, 0.25) is 0 Å². The molecule has 1 fully saturated rings. The van der Waals surface area contributed by atoms with Crippen LogP contribution in [0.4, 0.5) is 0 Å². The lowest BCUT2D eigenvalue weighted by atomic mass is 9.84. The van der Waals surface area contributed by atoms with Crippen molar-refractivity contribution in [2.24, 2.45) is 0 Å². The summed E-state index contributed by atoms with van der Waals surface area (Å²) in [7, 11) is 0. The van der Waals surface area contributed by atoms with Crippen LogP contribution in [-0.2, 0) is 0 Å². The minimum atomic E-state index is -0.398. The highest BCUT2D eigenvalue weighted by Gasteiger charge is 2.15. The zero-order valence-corrected chi connectivity index (χ0v) is 10.6. The van der Waals surface area contributed by atoms with Crippen LogP contribution in [0.15, 0.2) is 48.7 Å². The molecule has 0 radical (unpaired) electrons. The molecule has 0 amide bonds. The van der Waals surface area contributed by atoms with E-state index in [-0.39, 0.29) is 0 Å². The van der Waals surface area contributed by atoms with E-state index in [0.717, 1.165) is 29.7 Å².